The van der Waals surface area contributed by atoms with Gasteiger partial charge >= 0.3 is 6.09 Å². The Bertz CT molecular complexity index is 657. The quantitative estimate of drug-likeness (QED) is 0.706. The first-order valence-corrected chi connectivity index (χ1v) is 11.0. The van der Waals surface area contributed by atoms with Crippen LogP contribution in [0, 0.1) is 5.92 Å². The van der Waals surface area contributed by atoms with Crippen LogP contribution in [0.1, 0.15) is 45.6 Å². The van der Waals surface area contributed by atoms with Crippen molar-refractivity contribution in [2.45, 2.75) is 70.6 Å². The molecular formula is C23H36N2O5. The summed E-state index contributed by atoms with van der Waals surface area (Å²) in [6, 6.07) is 9.84. The number of carbonyl (C=O) groups is 1. The molecule has 2 aliphatic rings. The standard InChI is InChI=1S/C23H36N2O5/c1-23(2,3)30-22(27)24-19(16-29-21-11-7-8-12-28-21)18-14-25(15-20(18)26)13-17-9-5-4-6-10-17/h4-6,9-10,18-21,26H,7-8,11-16H2,1-3H3,(H,24,27). The average Bonchev–Trinajstić information content (AvgIpc) is 3.05. The van der Waals surface area contributed by atoms with Gasteiger partial charge in [-0.15, -0.1) is 0 Å². The molecule has 168 valence electrons. The third-order valence-corrected chi connectivity index (χ3v) is 5.48. The van der Waals surface area contributed by atoms with Crippen molar-refractivity contribution in [2.24, 2.45) is 5.92 Å². The maximum atomic E-state index is 12.4. The molecule has 2 heterocycles. The minimum absolute atomic E-state index is 0.148. The fourth-order valence-corrected chi connectivity index (χ4v) is 4.05. The zero-order valence-corrected chi connectivity index (χ0v) is 18.4. The van der Waals surface area contributed by atoms with Crippen LogP contribution in [0.25, 0.3) is 0 Å². The third kappa shape index (κ3) is 7.23. The number of hydrogen-bond donors (Lipinski definition) is 2. The van der Waals surface area contributed by atoms with Crippen LogP contribution in [0.5, 0.6) is 0 Å². The molecule has 0 bridgehead atoms. The van der Waals surface area contributed by atoms with E-state index in [2.05, 4.69) is 22.3 Å². The van der Waals surface area contributed by atoms with Crippen LogP contribution in [-0.2, 0) is 20.8 Å². The summed E-state index contributed by atoms with van der Waals surface area (Å²) in [5.41, 5.74) is 0.615. The highest BCUT2D eigenvalue weighted by Gasteiger charge is 2.38. The van der Waals surface area contributed by atoms with Gasteiger partial charge in [-0.25, -0.2) is 4.79 Å². The normalized spacial score (nSPS) is 26.3. The van der Waals surface area contributed by atoms with Crippen molar-refractivity contribution in [2.75, 3.05) is 26.3 Å². The summed E-state index contributed by atoms with van der Waals surface area (Å²) in [7, 11) is 0. The van der Waals surface area contributed by atoms with E-state index in [0.29, 0.717) is 19.7 Å². The maximum absolute atomic E-state index is 12.4. The summed E-state index contributed by atoms with van der Waals surface area (Å²) in [4.78, 5) is 14.7. The molecule has 0 aromatic heterocycles. The van der Waals surface area contributed by atoms with Gasteiger partial charge in [-0.3, -0.25) is 4.90 Å². The van der Waals surface area contributed by atoms with Gasteiger partial charge in [0.2, 0.25) is 0 Å². The van der Waals surface area contributed by atoms with Crippen molar-refractivity contribution in [3.8, 4) is 0 Å². The largest absolute Gasteiger partial charge is 0.444 e. The summed E-state index contributed by atoms with van der Waals surface area (Å²) < 4.78 is 17.1. The molecule has 0 saturated carbocycles. The van der Waals surface area contributed by atoms with Crippen LogP contribution in [-0.4, -0.2) is 66.4 Å². The first-order valence-electron chi connectivity index (χ1n) is 11.0. The number of β-amino-alcohol motifs (C(OH)–C–C–N with tert-alkyl or cyclic N) is 1. The zero-order chi connectivity index (χ0) is 21.6. The second-order valence-corrected chi connectivity index (χ2v) is 9.29. The molecule has 0 aliphatic carbocycles. The second kappa shape index (κ2) is 10.6. The highest BCUT2D eigenvalue weighted by molar-refractivity contribution is 5.68. The number of benzene rings is 1. The van der Waals surface area contributed by atoms with Gasteiger partial charge in [0.15, 0.2) is 6.29 Å². The minimum atomic E-state index is -0.588. The molecule has 2 aliphatic heterocycles. The Morgan fingerprint density at radius 1 is 1.27 bits per heavy atom. The number of rotatable bonds is 7. The van der Waals surface area contributed by atoms with Gasteiger partial charge in [0, 0.05) is 32.2 Å². The van der Waals surface area contributed by atoms with E-state index in [4.69, 9.17) is 14.2 Å². The van der Waals surface area contributed by atoms with Crippen LogP contribution in [0.3, 0.4) is 0 Å². The monoisotopic (exact) mass is 420 g/mol. The van der Waals surface area contributed by atoms with E-state index in [-0.39, 0.29) is 24.9 Å². The number of likely N-dealkylation sites (tertiary alicyclic amines) is 1. The lowest BCUT2D eigenvalue weighted by molar-refractivity contribution is -0.168. The van der Waals surface area contributed by atoms with Crippen molar-refractivity contribution in [3.63, 3.8) is 0 Å². The van der Waals surface area contributed by atoms with Crippen molar-refractivity contribution < 1.29 is 24.1 Å². The van der Waals surface area contributed by atoms with Gasteiger partial charge in [-0.2, -0.15) is 0 Å². The van der Waals surface area contributed by atoms with Gasteiger partial charge in [0.25, 0.3) is 0 Å². The van der Waals surface area contributed by atoms with E-state index in [0.717, 1.165) is 25.8 Å². The minimum Gasteiger partial charge on any atom is -0.444 e. The summed E-state index contributed by atoms with van der Waals surface area (Å²) in [6.07, 6.45) is 1.69. The fraction of sp³-hybridized carbons (Fsp3) is 0.696. The number of alkyl carbamates (subject to hydrolysis) is 1. The second-order valence-electron chi connectivity index (χ2n) is 9.29. The van der Waals surface area contributed by atoms with E-state index in [9.17, 15) is 9.90 Å². The smallest absolute Gasteiger partial charge is 0.407 e. The Hall–Kier alpha value is -1.67. The van der Waals surface area contributed by atoms with E-state index < -0.39 is 17.8 Å². The molecule has 2 saturated heterocycles. The number of aliphatic hydroxyl groups excluding tert-OH is 1. The molecule has 0 spiro atoms. The molecule has 1 aromatic carbocycles. The Morgan fingerprint density at radius 2 is 2.03 bits per heavy atom. The molecule has 1 amide bonds. The van der Waals surface area contributed by atoms with Crippen molar-refractivity contribution in [3.05, 3.63) is 35.9 Å². The number of nitrogens with zero attached hydrogens (tertiary/aromatic N) is 1. The van der Waals surface area contributed by atoms with Crippen molar-refractivity contribution >= 4 is 6.09 Å². The molecule has 0 radical (unpaired) electrons. The first kappa shape index (κ1) is 23.0. The topological polar surface area (TPSA) is 80.3 Å². The average molecular weight is 421 g/mol. The predicted octanol–water partition coefficient (Wildman–Crippen LogP) is 2.92. The van der Waals surface area contributed by atoms with Crippen LogP contribution < -0.4 is 5.32 Å². The molecular weight excluding hydrogens is 384 g/mol. The number of hydrogen-bond acceptors (Lipinski definition) is 6. The van der Waals surface area contributed by atoms with E-state index in [1.807, 2.05) is 39.0 Å². The number of nitrogens with one attached hydrogen (secondary N) is 1. The van der Waals surface area contributed by atoms with Crippen molar-refractivity contribution in [1.82, 2.24) is 10.2 Å². The molecule has 7 heteroatoms. The van der Waals surface area contributed by atoms with E-state index in [1.54, 1.807) is 0 Å². The lowest BCUT2D eigenvalue weighted by Crippen LogP contribution is -2.49. The summed E-state index contributed by atoms with van der Waals surface area (Å²) in [5.74, 6) is -0.148. The third-order valence-electron chi connectivity index (χ3n) is 5.48. The lowest BCUT2D eigenvalue weighted by atomic mass is 9.97. The van der Waals surface area contributed by atoms with E-state index >= 15 is 0 Å². The molecule has 4 unspecified atom stereocenters. The van der Waals surface area contributed by atoms with Crippen LogP contribution in [0.15, 0.2) is 30.3 Å². The van der Waals surface area contributed by atoms with Gasteiger partial charge in [0.1, 0.15) is 5.60 Å². The summed E-state index contributed by atoms with van der Waals surface area (Å²) >= 11 is 0. The number of ether oxygens (including phenoxy) is 3. The SMILES string of the molecule is CC(C)(C)OC(=O)NC(COC1CCCCO1)C1CN(Cc2ccccc2)CC1O. The molecule has 2 N–H and O–H groups in total. The highest BCUT2D eigenvalue weighted by atomic mass is 16.7. The molecule has 4 atom stereocenters. The Balaban J connectivity index is 1.62. The lowest BCUT2D eigenvalue weighted by Gasteiger charge is -2.30. The highest BCUT2D eigenvalue weighted by Crippen LogP contribution is 2.24. The summed E-state index contributed by atoms with van der Waals surface area (Å²) in [6.45, 7) is 8.48. The number of amides is 1. The fourth-order valence-electron chi connectivity index (χ4n) is 4.05. The molecule has 7 nitrogen and oxygen atoms in total. The predicted molar refractivity (Wildman–Crippen MR) is 114 cm³/mol. The number of carbonyl (C=O) groups excluding carboxylic acids is 1. The Labute approximate surface area is 179 Å². The van der Waals surface area contributed by atoms with Gasteiger partial charge < -0.3 is 24.6 Å². The van der Waals surface area contributed by atoms with Gasteiger partial charge in [-0.05, 0) is 45.6 Å². The molecule has 3 rings (SSSR count). The van der Waals surface area contributed by atoms with Gasteiger partial charge in [-0.1, -0.05) is 30.3 Å². The Kier molecular flexibility index (Phi) is 8.11. The van der Waals surface area contributed by atoms with Crippen LogP contribution >= 0.6 is 0 Å². The van der Waals surface area contributed by atoms with Crippen LogP contribution in [0.4, 0.5) is 4.79 Å². The van der Waals surface area contributed by atoms with Gasteiger partial charge in [0.05, 0.1) is 18.8 Å². The van der Waals surface area contributed by atoms with Crippen molar-refractivity contribution in [1.29, 1.82) is 0 Å². The van der Waals surface area contributed by atoms with Crippen LogP contribution in [0.2, 0.25) is 0 Å². The molecule has 1 aromatic rings. The summed E-state index contributed by atoms with van der Waals surface area (Å²) in [5, 5.41) is 13.7. The molecule has 30 heavy (non-hydrogen) atoms. The Morgan fingerprint density at radius 3 is 2.70 bits per heavy atom. The number of aliphatic hydroxyl groups is 1. The maximum Gasteiger partial charge on any atom is 0.407 e. The van der Waals surface area contributed by atoms with E-state index in [1.165, 1.54) is 5.56 Å². The first-order chi connectivity index (χ1) is 14.3. The zero-order valence-electron chi connectivity index (χ0n) is 18.4. The molecule has 2 fully saturated rings.